The Morgan fingerprint density at radius 3 is 2.16 bits per heavy atom. The lowest BCUT2D eigenvalue weighted by atomic mass is 10.1. The van der Waals surface area contributed by atoms with Crippen LogP contribution in [-0.2, 0) is 10.0 Å². The highest BCUT2D eigenvalue weighted by Gasteiger charge is 2.11. The van der Waals surface area contributed by atoms with Crippen molar-refractivity contribution in [1.29, 1.82) is 0 Å². The predicted octanol–water partition coefficient (Wildman–Crippen LogP) is 3.95. The second-order valence-electron chi connectivity index (χ2n) is 6.16. The van der Waals surface area contributed by atoms with Crippen molar-refractivity contribution < 1.29 is 13.2 Å². The number of rotatable bonds is 12. The summed E-state index contributed by atoms with van der Waals surface area (Å²) in [6.07, 6.45) is 7.21. The van der Waals surface area contributed by atoms with Crippen molar-refractivity contribution in [2.45, 2.75) is 46.0 Å². The smallest absolute Gasteiger partial charge is 0.229 e. The molecule has 0 saturated carbocycles. The molecule has 5 nitrogen and oxygen atoms in total. The summed E-state index contributed by atoms with van der Waals surface area (Å²) in [6, 6.07) is 6.58. The topological polar surface area (TPSA) is 66.5 Å². The molecule has 0 aliphatic carbocycles. The minimum absolute atomic E-state index is 0. The fraction of sp³-hybridized carbons (Fsp3) is 0.611. The van der Waals surface area contributed by atoms with Crippen LogP contribution in [0.25, 0.3) is 0 Å². The van der Waals surface area contributed by atoms with Crippen LogP contribution < -0.4 is 4.72 Å². The zero-order valence-corrected chi connectivity index (χ0v) is 17.1. The molecule has 25 heavy (non-hydrogen) atoms. The van der Waals surface area contributed by atoms with Gasteiger partial charge in [-0.05, 0) is 43.8 Å². The van der Waals surface area contributed by atoms with Crippen LogP contribution in [0.5, 0.6) is 0 Å². The Labute approximate surface area is 158 Å². The molecule has 0 heterocycles. The molecule has 1 aromatic carbocycles. The molecule has 0 aliphatic rings. The van der Waals surface area contributed by atoms with Gasteiger partial charge in [-0.25, -0.2) is 8.42 Å². The number of carbonyl (C=O) groups is 1. The second kappa shape index (κ2) is 12.3. The number of hydrogen-bond donors (Lipinski definition) is 1. The average molecular weight is 391 g/mol. The van der Waals surface area contributed by atoms with Gasteiger partial charge in [0.25, 0.3) is 0 Å². The molecular formula is C18H31ClN2O3S. The standard InChI is InChI=1S/C18H30N2O3S.ClH/c1-4-6-7-8-9-14-20(5-2)15-18(21)16-10-12-17(13-11-16)19-24(3,22)23;/h10-13,19H,4-9,14-15H2,1-3H3;1H. The highest BCUT2D eigenvalue weighted by Crippen LogP contribution is 2.12. The Kier molecular flexibility index (Phi) is 11.7. The van der Waals surface area contributed by atoms with Crippen LogP contribution in [0.4, 0.5) is 5.69 Å². The van der Waals surface area contributed by atoms with Gasteiger partial charge in [0.2, 0.25) is 10.0 Å². The third kappa shape index (κ3) is 10.5. The minimum atomic E-state index is -3.29. The first kappa shape index (κ1) is 23.9. The molecule has 0 aliphatic heterocycles. The van der Waals surface area contributed by atoms with Crippen LogP contribution in [0.2, 0.25) is 0 Å². The fourth-order valence-corrected chi connectivity index (χ4v) is 3.08. The number of carbonyl (C=O) groups excluding carboxylic acids is 1. The van der Waals surface area contributed by atoms with Crippen LogP contribution in [0.1, 0.15) is 56.3 Å². The van der Waals surface area contributed by atoms with Crippen LogP contribution >= 0.6 is 12.4 Å². The van der Waals surface area contributed by atoms with Crippen molar-refractivity contribution in [3.05, 3.63) is 29.8 Å². The van der Waals surface area contributed by atoms with Crippen LogP contribution in [0, 0.1) is 0 Å². The van der Waals surface area contributed by atoms with Crippen molar-refractivity contribution in [3.63, 3.8) is 0 Å². The Bertz CT molecular complexity index is 603. The molecule has 0 fully saturated rings. The Morgan fingerprint density at radius 1 is 1.04 bits per heavy atom. The first-order valence-corrected chi connectivity index (χ1v) is 10.6. The van der Waals surface area contributed by atoms with Gasteiger partial charge >= 0.3 is 0 Å². The first-order valence-electron chi connectivity index (χ1n) is 8.69. The van der Waals surface area contributed by atoms with Crippen LogP contribution in [0.15, 0.2) is 24.3 Å². The summed E-state index contributed by atoms with van der Waals surface area (Å²) in [4.78, 5) is 14.5. The number of ketones is 1. The fourth-order valence-electron chi connectivity index (χ4n) is 2.52. The molecule has 0 spiro atoms. The molecule has 7 heteroatoms. The molecule has 0 atom stereocenters. The van der Waals surface area contributed by atoms with E-state index in [9.17, 15) is 13.2 Å². The minimum Gasteiger partial charge on any atom is -0.296 e. The molecule has 144 valence electrons. The summed E-state index contributed by atoms with van der Waals surface area (Å²) in [5.74, 6) is 0.0660. The van der Waals surface area contributed by atoms with Gasteiger partial charge in [0.15, 0.2) is 5.78 Å². The van der Waals surface area contributed by atoms with E-state index in [0.29, 0.717) is 17.8 Å². The summed E-state index contributed by atoms with van der Waals surface area (Å²) >= 11 is 0. The monoisotopic (exact) mass is 390 g/mol. The van der Waals surface area contributed by atoms with Crippen molar-refractivity contribution in [3.8, 4) is 0 Å². The quantitative estimate of drug-likeness (QED) is 0.433. The Balaban J connectivity index is 0.00000576. The molecule has 1 N–H and O–H groups in total. The van der Waals surface area contributed by atoms with Gasteiger partial charge in [-0.1, -0.05) is 39.5 Å². The molecular weight excluding hydrogens is 360 g/mol. The predicted molar refractivity (Wildman–Crippen MR) is 107 cm³/mol. The average Bonchev–Trinajstić information content (AvgIpc) is 2.52. The maximum Gasteiger partial charge on any atom is 0.229 e. The van der Waals surface area contributed by atoms with Crippen molar-refractivity contribution in [2.24, 2.45) is 0 Å². The van der Waals surface area contributed by atoms with Gasteiger partial charge in [0.05, 0.1) is 12.8 Å². The zero-order chi connectivity index (χ0) is 18.0. The molecule has 0 bridgehead atoms. The number of sulfonamides is 1. The van der Waals surface area contributed by atoms with E-state index < -0.39 is 10.0 Å². The molecule has 0 aromatic heterocycles. The normalized spacial score (nSPS) is 11.2. The van der Waals surface area contributed by atoms with Crippen LogP contribution in [0.3, 0.4) is 0 Å². The summed E-state index contributed by atoms with van der Waals surface area (Å²) in [6.45, 7) is 6.47. The largest absolute Gasteiger partial charge is 0.296 e. The molecule has 0 radical (unpaired) electrons. The van der Waals surface area contributed by atoms with Crippen molar-refractivity contribution in [1.82, 2.24) is 4.90 Å². The lowest BCUT2D eigenvalue weighted by Gasteiger charge is -2.19. The summed E-state index contributed by atoms with van der Waals surface area (Å²) < 4.78 is 24.8. The maximum absolute atomic E-state index is 12.4. The third-order valence-corrected chi connectivity index (χ3v) is 4.51. The van der Waals surface area contributed by atoms with E-state index in [1.807, 2.05) is 0 Å². The third-order valence-electron chi connectivity index (χ3n) is 3.90. The Hall–Kier alpha value is -1.11. The van der Waals surface area contributed by atoms with E-state index in [-0.39, 0.29) is 18.2 Å². The number of Topliss-reactive ketones (excluding diaryl/α,β-unsaturated/α-hetero) is 1. The van der Waals surface area contributed by atoms with E-state index in [1.165, 1.54) is 25.7 Å². The van der Waals surface area contributed by atoms with Crippen LogP contribution in [-0.4, -0.2) is 45.0 Å². The van der Waals surface area contributed by atoms with Gasteiger partial charge in [-0.15, -0.1) is 12.4 Å². The number of nitrogens with one attached hydrogen (secondary N) is 1. The maximum atomic E-state index is 12.4. The van der Waals surface area contributed by atoms with E-state index in [0.717, 1.165) is 25.8 Å². The lowest BCUT2D eigenvalue weighted by Crippen LogP contribution is -2.30. The molecule has 0 unspecified atom stereocenters. The number of nitrogens with zero attached hydrogens (tertiary/aromatic N) is 1. The molecule has 0 saturated heterocycles. The highest BCUT2D eigenvalue weighted by atomic mass is 35.5. The molecule has 0 amide bonds. The summed E-state index contributed by atoms with van der Waals surface area (Å²) in [7, 11) is -3.29. The zero-order valence-electron chi connectivity index (χ0n) is 15.5. The van der Waals surface area contributed by atoms with Gasteiger partial charge < -0.3 is 0 Å². The number of hydrogen-bond acceptors (Lipinski definition) is 4. The Morgan fingerprint density at radius 2 is 1.64 bits per heavy atom. The number of likely N-dealkylation sites (N-methyl/N-ethyl adjacent to an activating group) is 1. The van der Waals surface area contributed by atoms with E-state index in [2.05, 4.69) is 23.5 Å². The lowest BCUT2D eigenvalue weighted by molar-refractivity contribution is 0.0932. The molecule has 1 aromatic rings. The number of unbranched alkanes of at least 4 members (excludes halogenated alkanes) is 4. The SMILES string of the molecule is CCCCCCCN(CC)CC(=O)c1ccc(NS(C)(=O)=O)cc1.Cl. The number of anilines is 1. The van der Waals surface area contributed by atoms with E-state index in [1.54, 1.807) is 24.3 Å². The first-order chi connectivity index (χ1) is 11.4. The summed E-state index contributed by atoms with van der Waals surface area (Å²) in [5, 5.41) is 0. The second-order valence-corrected chi connectivity index (χ2v) is 7.91. The van der Waals surface area contributed by atoms with Crippen molar-refractivity contribution >= 4 is 33.9 Å². The van der Waals surface area contributed by atoms with Gasteiger partial charge in [-0.3, -0.25) is 14.4 Å². The van der Waals surface area contributed by atoms with E-state index >= 15 is 0 Å². The van der Waals surface area contributed by atoms with Gasteiger partial charge in [-0.2, -0.15) is 0 Å². The van der Waals surface area contributed by atoms with Crippen molar-refractivity contribution in [2.75, 3.05) is 30.6 Å². The van der Waals surface area contributed by atoms with Gasteiger partial charge in [0.1, 0.15) is 0 Å². The van der Waals surface area contributed by atoms with E-state index in [4.69, 9.17) is 0 Å². The number of benzene rings is 1. The summed E-state index contributed by atoms with van der Waals surface area (Å²) in [5.41, 5.74) is 1.08. The molecule has 1 rings (SSSR count). The highest BCUT2D eigenvalue weighted by molar-refractivity contribution is 7.92. The number of halogens is 1. The van der Waals surface area contributed by atoms with Gasteiger partial charge in [0, 0.05) is 11.3 Å².